The molecule has 0 aliphatic carbocycles. The molecule has 1 aliphatic heterocycles. The number of amides is 1. The summed E-state index contributed by atoms with van der Waals surface area (Å²) in [5.74, 6) is 0.704. The fourth-order valence-corrected chi connectivity index (χ4v) is 3.29. The fraction of sp³-hybridized carbons (Fsp3) is 0.429. The van der Waals surface area contributed by atoms with E-state index in [4.69, 9.17) is 4.74 Å². The minimum atomic E-state index is -2.92. The molecule has 1 heterocycles. The van der Waals surface area contributed by atoms with Gasteiger partial charge in [0.15, 0.2) is 9.84 Å². The maximum atomic E-state index is 11.7. The van der Waals surface area contributed by atoms with Crippen LogP contribution in [-0.4, -0.2) is 63.7 Å². The maximum absolute atomic E-state index is 11.7. The zero-order chi connectivity index (χ0) is 16.0. The Morgan fingerprint density at radius 1 is 1.32 bits per heavy atom. The summed E-state index contributed by atoms with van der Waals surface area (Å²) >= 11 is 0. The predicted molar refractivity (Wildman–Crippen MR) is 83.8 cm³/mol. The van der Waals surface area contributed by atoms with Gasteiger partial charge in [-0.3, -0.25) is 9.69 Å². The Morgan fingerprint density at radius 3 is 2.55 bits per heavy atom. The molecule has 120 valence electrons. The van der Waals surface area contributed by atoms with Gasteiger partial charge in [-0.25, -0.2) is 13.8 Å². The third-order valence-corrected chi connectivity index (χ3v) is 4.93. The highest BCUT2D eigenvalue weighted by atomic mass is 32.2. The number of hydrogen-bond donors (Lipinski definition) is 1. The number of methoxy groups -OCH3 is 1. The lowest BCUT2D eigenvalue weighted by molar-refractivity contribution is -0.122. The van der Waals surface area contributed by atoms with E-state index in [1.165, 1.54) is 6.21 Å². The Kier molecular flexibility index (Phi) is 5.51. The molecule has 0 spiro atoms. The van der Waals surface area contributed by atoms with Crippen LogP contribution in [-0.2, 0) is 14.6 Å². The largest absolute Gasteiger partial charge is 0.497 e. The molecule has 1 fully saturated rings. The average Bonchev–Trinajstić information content (AvgIpc) is 2.50. The zero-order valence-electron chi connectivity index (χ0n) is 12.4. The zero-order valence-corrected chi connectivity index (χ0v) is 13.2. The van der Waals surface area contributed by atoms with Crippen LogP contribution in [0.3, 0.4) is 0 Å². The van der Waals surface area contributed by atoms with E-state index in [2.05, 4.69) is 10.5 Å². The topological polar surface area (TPSA) is 88.1 Å². The van der Waals surface area contributed by atoms with Crippen molar-refractivity contribution in [2.75, 3.05) is 38.2 Å². The molecule has 1 aliphatic rings. The highest BCUT2D eigenvalue weighted by Crippen LogP contribution is 2.09. The summed E-state index contributed by atoms with van der Waals surface area (Å²) in [4.78, 5) is 13.5. The van der Waals surface area contributed by atoms with Gasteiger partial charge in [-0.1, -0.05) is 0 Å². The number of nitrogens with zero attached hydrogens (tertiary/aromatic N) is 2. The number of rotatable bonds is 5. The van der Waals surface area contributed by atoms with Crippen LogP contribution in [0.5, 0.6) is 5.75 Å². The second-order valence-electron chi connectivity index (χ2n) is 4.99. The number of hydrogen-bond acceptors (Lipinski definition) is 6. The monoisotopic (exact) mass is 325 g/mol. The number of sulfone groups is 1. The second kappa shape index (κ2) is 7.37. The van der Waals surface area contributed by atoms with Crippen LogP contribution in [0.4, 0.5) is 0 Å². The van der Waals surface area contributed by atoms with Crippen molar-refractivity contribution in [3.05, 3.63) is 29.8 Å². The van der Waals surface area contributed by atoms with E-state index < -0.39 is 9.84 Å². The predicted octanol–water partition coefficient (Wildman–Crippen LogP) is -0.124. The highest BCUT2D eigenvalue weighted by Gasteiger charge is 2.22. The van der Waals surface area contributed by atoms with Crippen LogP contribution < -0.4 is 10.2 Å². The molecule has 1 N–H and O–H groups in total. The van der Waals surface area contributed by atoms with E-state index in [1.54, 1.807) is 24.1 Å². The van der Waals surface area contributed by atoms with Crippen molar-refractivity contribution in [2.45, 2.75) is 0 Å². The minimum Gasteiger partial charge on any atom is -0.497 e. The van der Waals surface area contributed by atoms with Gasteiger partial charge in [0.25, 0.3) is 5.91 Å². The Bertz CT molecular complexity index is 627. The van der Waals surface area contributed by atoms with Crippen molar-refractivity contribution < 1.29 is 17.9 Å². The number of carbonyl (C=O) groups is 1. The molecule has 0 radical (unpaired) electrons. The van der Waals surface area contributed by atoms with Gasteiger partial charge >= 0.3 is 0 Å². The third kappa shape index (κ3) is 5.12. The molecule has 1 amide bonds. The van der Waals surface area contributed by atoms with E-state index in [-0.39, 0.29) is 24.0 Å². The molecule has 0 unspecified atom stereocenters. The number of nitrogens with one attached hydrogen (secondary N) is 1. The van der Waals surface area contributed by atoms with Crippen LogP contribution in [0.15, 0.2) is 29.4 Å². The first-order valence-electron chi connectivity index (χ1n) is 6.87. The number of hydrazone groups is 1. The first kappa shape index (κ1) is 16.4. The first-order chi connectivity index (χ1) is 10.5. The Balaban J connectivity index is 1.76. The molecular formula is C14H19N3O4S. The van der Waals surface area contributed by atoms with Gasteiger partial charge in [0.1, 0.15) is 5.75 Å². The van der Waals surface area contributed by atoms with Gasteiger partial charge in [-0.2, -0.15) is 5.10 Å². The van der Waals surface area contributed by atoms with Gasteiger partial charge in [-0.15, -0.1) is 0 Å². The second-order valence-corrected chi connectivity index (χ2v) is 7.30. The van der Waals surface area contributed by atoms with Gasteiger partial charge in [0, 0.05) is 13.1 Å². The number of benzene rings is 1. The summed E-state index contributed by atoms with van der Waals surface area (Å²) < 4.78 is 27.6. The normalized spacial score (nSPS) is 18.2. The average molecular weight is 325 g/mol. The lowest BCUT2D eigenvalue weighted by atomic mass is 10.2. The molecule has 22 heavy (non-hydrogen) atoms. The SMILES string of the molecule is COc1ccc(C=NNC(=O)CN2CCS(=O)(=O)CC2)cc1. The molecule has 1 aromatic rings. The van der Waals surface area contributed by atoms with E-state index in [0.717, 1.165) is 11.3 Å². The van der Waals surface area contributed by atoms with Crippen molar-refractivity contribution in [2.24, 2.45) is 5.10 Å². The van der Waals surface area contributed by atoms with E-state index in [0.29, 0.717) is 13.1 Å². The van der Waals surface area contributed by atoms with Crippen LogP contribution in [0, 0.1) is 0 Å². The lowest BCUT2D eigenvalue weighted by Gasteiger charge is -2.25. The van der Waals surface area contributed by atoms with E-state index >= 15 is 0 Å². The highest BCUT2D eigenvalue weighted by molar-refractivity contribution is 7.91. The first-order valence-corrected chi connectivity index (χ1v) is 8.69. The summed E-state index contributed by atoms with van der Waals surface area (Å²) in [5, 5.41) is 3.88. The van der Waals surface area contributed by atoms with Gasteiger partial charge in [0.2, 0.25) is 0 Å². The molecule has 0 atom stereocenters. The van der Waals surface area contributed by atoms with Crippen LogP contribution in [0.2, 0.25) is 0 Å². The van der Waals surface area contributed by atoms with Crippen LogP contribution >= 0.6 is 0 Å². The smallest absolute Gasteiger partial charge is 0.254 e. The molecule has 7 nitrogen and oxygen atoms in total. The lowest BCUT2D eigenvalue weighted by Crippen LogP contribution is -2.44. The molecular weight excluding hydrogens is 306 g/mol. The van der Waals surface area contributed by atoms with Crippen molar-refractivity contribution in [1.29, 1.82) is 0 Å². The summed E-state index contributed by atoms with van der Waals surface area (Å²) in [7, 11) is -1.33. The van der Waals surface area contributed by atoms with Gasteiger partial charge < -0.3 is 4.74 Å². The van der Waals surface area contributed by atoms with Crippen molar-refractivity contribution in [3.63, 3.8) is 0 Å². The summed E-state index contributed by atoms with van der Waals surface area (Å²) in [5.41, 5.74) is 3.27. The quantitative estimate of drug-likeness (QED) is 0.602. The molecule has 1 saturated heterocycles. The van der Waals surface area contributed by atoms with Gasteiger partial charge in [-0.05, 0) is 29.8 Å². The molecule has 1 aromatic carbocycles. The molecule has 2 rings (SSSR count). The molecule has 0 bridgehead atoms. The molecule has 0 saturated carbocycles. The third-order valence-electron chi connectivity index (χ3n) is 3.32. The van der Waals surface area contributed by atoms with Gasteiger partial charge in [0.05, 0.1) is 31.4 Å². The maximum Gasteiger partial charge on any atom is 0.254 e. The Hall–Kier alpha value is -1.93. The molecule has 8 heteroatoms. The molecule has 0 aromatic heterocycles. The number of ether oxygens (including phenoxy) is 1. The van der Waals surface area contributed by atoms with Crippen molar-refractivity contribution in [3.8, 4) is 5.75 Å². The summed E-state index contributed by atoms with van der Waals surface area (Å²) in [6.07, 6.45) is 1.54. The standard InChI is InChI=1S/C14H19N3O4S/c1-21-13-4-2-12(3-5-13)10-15-16-14(18)11-17-6-8-22(19,20)9-7-17/h2-5,10H,6-9,11H2,1H3,(H,16,18). The van der Waals surface area contributed by atoms with Crippen LogP contribution in [0.1, 0.15) is 5.56 Å². The minimum absolute atomic E-state index is 0.107. The van der Waals surface area contributed by atoms with E-state index in [9.17, 15) is 13.2 Å². The Labute approximate surface area is 129 Å². The van der Waals surface area contributed by atoms with Crippen molar-refractivity contribution >= 4 is 22.0 Å². The fourth-order valence-electron chi connectivity index (χ4n) is 2.02. The van der Waals surface area contributed by atoms with Crippen molar-refractivity contribution in [1.82, 2.24) is 10.3 Å². The van der Waals surface area contributed by atoms with Crippen LogP contribution in [0.25, 0.3) is 0 Å². The summed E-state index contributed by atoms with van der Waals surface area (Å²) in [6, 6.07) is 7.25. The summed E-state index contributed by atoms with van der Waals surface area (Å²) in [6.45, 7) is 0.922. The number of carbonyl (C=O) groups excluding carboxylic acids is 1. The Morgan fingerprint density at radius 2 is 1.95 bits per heavy atom. The van der Waals surface area contributed by atoms with E-state index in [1.807, 2.05) is 12.1 Å².